The first-order valence-corrected chi connectivity index (χ1v) is 6.53. The van der Waals surface area contributed by atoms with Crippen molar-refractivity contribution < 1.29 is 23.5 Å². The van der Waals surface area contributed by atoms with Crippen LogP contribution in [0.5, 0.6) is 0 Å². The molecule has 0 saturated carbocycles. The lowest BCUT2D eigenvalue weighted by Gasteiger charge is -2.22. The first-order chi connectivity index (χ1) is 9.71. The van der Waals surface area contributed by atoms with Gasteiger partial charge in [-0.05, 0) is 38.5 Å². The van der Waals surface area contributed by atoms with E-state index in [-0.39, 0.29) is 6.42 Å². The normalized spacial score (nSPS) is 12.4. The first kappa shape index (κ1) is 16.9. The van der Waals surface area contributed by atoms with Gasteiger partial charge in [0.25, 0.3) is 0 Å². The highest BCUT2D eigenvalue weighted by atomic mass is 19.1. The Kier molecular flexibility index (Phi) is 5.69. The van der Waals surface area contributed by atoms with E-state index in [1.54, 1.807) is 26.8 Å². The van der Waals surface area contributed by atoms with Crippen LogP contribution in [0.15, 0.2) is 24.3 Å². The van der Waals surface area contributed by atoms with Gasteiger partial charge in [0.05, 0.1) is 7.11 Å². The SMILES string of the molecule is COC(=O)C(Cc1cccc(F)c1)NC(=O)OC(C)(C)C. The summed E-state index contributed by atoms with van der Waals surface area (Å²) in [7, 11) is 1.22. The second-order valence-electron chi connectivity index (χ2n) is 5.56. The summed E-state index contributed by atoms with van der Waals surface area (Å²) in [6, 6.07) is 4.86. The number of esters is 1. The van der Waals surface area contributed by atoms with E-state index in [1.807, 2.05) is 0 Å². The van der Waals surface area contributed by atoms with E-state index < -0.39 is 29.5 Å². The van der Waals surface area contributed by atoms with Gasteiger partial charge in [-0.1, -0.05) is 12.1 Å². The molecule has 1 aromatic carbocycles. The number of rotatable bonds is 4. The van der Waals surface area contributed by atoms with Gasteiger partial charge in [-0.25, -0.2) is 14.0 Å². The molecule has 0 aromatic heterocycles. The van der Waals surface area contributed by atoms with Crippen molar-refractivity contribution in [3.8, 4) is 0 Å². The van der Waals surface area contributed by atoms with Gasteiger partial charge in [0.1, 0.15) is 17.5 Å². The lowest BCUT2D eigenvalue weighted by molar-refractivity contribution is -0.143. The summed E-state index contributed by atoms with van der Waals surface area (Å²) in [5.74, 6) is -1.03. The summed E-state index contributed by atoms with van der Waals surface area (Å²) >= 11 is 0. The van der Waals surface area contributed by atoms with Crippen molar-refractivity contribution in [3.63, 3.8) is 0 Å². The van der Waals surface area contributed by atoms with Crippen molar-refractivity contribution >= 4 is 12.1 Å². The van der Waals surface area contributed by atoms with E-state index in [4.69, 9.17) is 4.74 Å². The Morgan fingerprint density at radius 3 is 2.52 bits per heavy atom. The van der Waals surface area contributed by atoms with E-state index in [0.29, 0.717) is 5.56 Å². The minimum Gasteiger partial charge on any atom is -0.467 e. The predicted molar refractivity (Wildman–Crippen MR) is 75.3 cm³/mol. The molecule has 1 rings (SSSR count). The topological polar surface area (TPSA) is 64.6 Å². The molecule has 1 atom stereocenters. The average molecular weight is 297 g/mol. The molecule has 6 heteroatoms. The van der Waals surface area contributed by atoms with Crippen molar-refractivity contribution in [3.05, 3.63) is 35.6 Å². The predicted octanol–water partition coefficient (Wildman–Crippen LogP) is 2.43. The van der Waals surface area contributed by atoms with Gasteiger partial charge in [-0.15, -0.1) is 0 Å². The summed E-state index contributed by atoms with van der Waals surface area (Å²) < 4.78 is 22.9. The molecule has 1 unspecified atom stereocenters. The highest BCUT2D eigenvalue weighted by molar-refractivity contribution is 5.81. The van der Waals surface area contributed by atoms with Crippen LogP contribution in [0.1, 0.15) is 26.3 Å². The smallest absolute Gasteiger partial charge is 0.408 e. The summed E-state index contributed by atoms with van der Waals surface area (Å²) in [4.78, 5) is 23.4. The average Bonchev–Trinajstić information content (AvgIpc) is 2.34. The van der Waals surface area contributed by atoms with Crippen LogP contribution in [0.4, 0.5) is 9.18 Å². The number of halogens is 1. The largest absolute Gasteiger partial charge is 0.467 e. The minimum atomic E-state index is -0.938. The monoisotopic (exact) mass is 297 g/mol. The van der Waals surface area contributed by atoms with Crippen LogP contribution >= 0.6 is 0 Å². The van der Waals surface area contributed by atoms with Crippen molar-refractivity contribution in [1.29, 1.82) is 0 Å². The number of hydrogen-bond acceptors (Lipinski definition) is 4. The number of hydrogen-bond donors (Lipinski definition) is 1. The van der Waals surface area contributed by atoms with Crippen LogP contribution < -0.4 is 5.32 Å². The summed E-state index contributed by atoms with van der Waals surface area (Å²) in [5, 5.41) is 2.43. The van der Waals surface area contributed by atoms with Crippen LogP contribution in [0.3, 0.4) is 0 Å². The molecule has 1 N–H and O–H groups in total. The molecule has 0 fully saturated rings. The molecule has 116 valence electrons. The number of carbonyl (C=O) groups excluding carboxylic acids is 2. The number of carbonyl (C=O) groups is 2. The maximum absolute atomic E-state index is 13.2. The molecule has 0 bridgehead atoms. The Bertz CT molecular complexity index is 511. The van der Waals surface area contributed by atoms with Gasteiger partial charge in [0.2, 0.25) is 0 Å². The Balaban J connectivity index is 2.77. The van der Waals surface area contributed by atoms with Gasteiger partial charge in [0.15, 0.2) is 0 Å². The molecule has 5 nitrogen and oxygen atoms in total. The maximum Gasteiger partial charge on any atom is 0.408 e. The number of amides is 1. The van der Waals surface area contributed by atoms with Gasteiger partial charge >= 0.3 is 12.1 Å². The van der Waals surface area contributed by atoms with Crippen LogP contribution in [-0.2, 0) is 20.7 Å². The molecule has 0 aliphatic carbocycles. The van der Waals surface area contributed by atoms with Crippen molar-refractivity contribution in [2.45, 2.75) is 38.8 Å². The standard InChI is InChI=1S/C15H20FNO4/c1-15(2,3)21-14(19)17-12(13(18)20-4)9-10-6-5-7-11(16)8-10/h5-8,12H,9H2,1-4H3,(H,17,19). The fraction of sp³-hybridized carbons (Fsp3) is 0.467. The highest BCUT2D eigenvalue weighted by Gasteiger charge is 2.25. The van der Waals surface area contributed by atoms with Crippen molar-refractivity contribution in [1.82, 2.24) is 5.32 Å². The zero-order valence-electron chi connectivity index (χ0n) is 12.6. The fourth-order valence-electron chi connectivity index (χ4n) is 1.69. The first-order valence-electron chi connectivity index (χ1n) is 6.53. The fourth-order valence-corrected chi connectivity index (χ4v) is 1.69. The molecule has 1 aromatic rings. The summed E-state index contributed by atoms with van der Waals surface area (Å²) in [6.45, 7) is 5.14. The number of ether oxygens (including phenoxy) is 2. The zero-order chi connectivity index (χ0) is 16.0. The van der Waals surface area contributed by atoms with Crippen molar-refractivity contribution in [2.75, 3.05) is 7.11 Å². The maximum atomic E-state index is 13.2. The molecule has 1 amide bonds. The van der Waals surface area contributed by atoms with Gasteiger partial charge in [-0.3, -0.25) is 0 Å². The summed E-state index contributed by atoms with van der Waals surface area (Å²) in [6.07, 6.45) is -0.613. The van der Waals surface area contributed by atoms with Crippen LogP contribution in [0.25, 0.3) is 0 Å². The van der Waals surface area contributed by atoms with Gasteiger partial charge < -0.3 is 14.8 Å². The van der Waals surface area contributed by atoms with E-state index in [9.17, 15) is 14.0 Å². The highest BCUT2D eigenvalue weighted by Crippen LogP contribution is 2.10. The molecule has 0 aliphatic heterocycles. The second kappa shape index (κ2) is 7.06. The Labute approximate surface area is 123 Å². The third kappa shape index (κ3) is 6.25. The molecular formula is C15H20FNO4. The Morgan fingerprint density at radius 1 is 1.33 bits per heavy atom. The van der Waals surface area contributed by atoms with E-state index in [1.165, 1.54) is 25.3 Å². The van der Waals surface area contributed by atoms with Crippen LogP contribution in [0, 0.1) is 5.82 Å². The summed E-state index contributed by atoms with van der Waals surface area (Å²) in [5.41, 5.74) is -0.106. The molecule has 0 spiro atoms. The van der Waals surface area contributed by atoms with E-state index in [0.717, 1.165) is 0 Å². The van der Waals surface area contributed by atoms with E-state index in [2.05, 4.69) is 10.1 Å². The molecular weight excluding hydrogens is 277 g/mol. The molecule has 0 saturated heterocycles. The van der Waals surface area contributed by atoms with Gasteiger partial charge in [-0.2, -0.15) is 0 Å². The quantitative estimate of drug-likeness (QED) is 0.867. The Hall–Kier alpha value is -2.11. The number of methoxy groups -OCH3 is 1. The molecule has 0 radical (unpaired) electrons. The Morgan fingerprint density at radius 2 is 2.00 bits per heavy atom. The number of nitrogens with one attached hydrogen (secondary N) is 1. The lowest BCUT2D eigenvalue weighted by atomic mass is 10.1. The number of alkyl carbamates (subject to hydrolysis) is 1. The van der Waals surface area contributed by atoms with Crippen LogP contribution in [-0.4, -0.2) is 30.8 Å². The number of benzene rings is 1. The van der Waals surface area contributed by atoms with E-state index >= 15 is 0 Å². The van der Waals surface area contributed by atoms with Crippen molar-refractivity contribution in [2.24, 2.45) is 0 Å². The molecule has 0 heterocycles. The zero-order valence-corrected chi connectivity index (χ0v) is 12.6. The third-order valence-corrected chi connectivity index (χ3v) is 2.51. The third-order valence-electron chi connectivity index (χ3n) is 2.51. The second-order valence-corrected chi connectivity index (χ2v) is 5.56. The molecule has 21 heavy (non-hydrogen) atoms. The van der Waals surface area contributed by atoms with Crippen LogP contribution in [0.2, 0.25) is 0 Å². The van der Waals surface area contributed by atoms with Gasteiger partial charge in [0, 0.05) is 6.42 Å². The lowest BCUT2D eigenvalue weighted by Crippen LogP contribution is -2.45. The molecule has 0 aliphatic rings. The minimum absolute atomic E-state index is 0.115.